The van der Waals surface area contributed by atoms with Crippen molar-refractivity contribution in [1.82, 2.24) is 9.88 Å². The Kier molecular flexibility index (Phi) is 7.23. The molecule has 0 aliphatic carbocycles. The number of hydrogen-bond acceptors (Lipinski definition) is 4. The Morgan fingerprint density at radius 1 is 1.26 bits per heavy atom. The lowest BCUT2D eigenvalue weighted by Gasteiger charge is -2.21. The predicted molar refractivity (Wildman–Crippen MR) is 94.0 cm³/mol. The Morgan fingerprint density at radius 2 is 2.04 bits per heavy atom. The zero-order chi connectivity index (χ0) is 16.5. The minimum absolute atomic E-state index is 0.00561. The highest BCUT2D eigenvalue weighted by molar-refractivity contribution is 7.09. The van der Waals surface area contributed by atoms with Gasteiger partial charge in [-0.2, -0.15) is 0 Å². The molecule has 1 amide bonds. The lowest BCUT2D eigenvalue weighted by Crippen LogP contribution is -2.35. The molecule has 1 aromatic heterocycles. The second-order valence-corrected chi connectivity index (χ2v) is 6.37. The van der Waals surface area contributed by atoms with Gasteiger partial charge < -0.3 is 9.64 Å². The van der Waals surface area contributed by atoms with Gasteiger partial charge in [0.05, 0.1) is 11.6 Å². The van der Waals surface area contributed by atoms with Crippen LogP contribution in [0, 0.1) is 0 Å². The molecule has 1 aromatic carbocycles. The lowest BCUT2D eigenvalue weighted by atomic mass is 10.2. The van der Waals surface area contributed by atoms with Gasteiger partial charge in [-0.25, -0.2) is 4.98 Å². The number of aromatic nitrogens is 1. The number of hydrogen-bond donors (Lipinski definition) is 0. The summed E-state index contributed by atoms with van der Waals surface area (Å²) in [6.45, 7) is 4.04. The van der Waals surface area contributed by atoms with E-state index in [1.54, 1.807) is 18.4 Å². The maximum absolute atomic E-state index is 12.6. The predicted octanol–water partition coefficient (Wildman–Crippen LogP) is 3.62. The Hall–Kier alpha value is -1.72. The monoisotopic (exact) mass is 332 g/mol. The number of unbranched alkanes of at least 4 members (excludes halogenated alkanes) is 1. The summed E-state index contributed by atoms with van der Waals surface area (Å²) in [4.78, 5) is 19.0. The molecule has 0 spiro atoms. The zero-order valence-electron chi connectivity index (χ0n) is 13.8. The number of carbonyl (C=O) groups is 1. The maximum atomic E-state index is 12.6. The fraction of sp³-hybridized carbons (Fsp3) is 0.444. The standard InChI is InChI=1S/C18H24N2O2S/c1-3-4-10-20(11-12-22-2)18(21)16-14-23-17(19-16)13-15-8-6-5-7-9-15/h5-9,14H,3-4,10-13H2,1-2H3. The molecular weight excluding hydrogens is 308 g/mol. The molecule has 124 valence electrons. The van der Waals surface area contributed by atoms with E-state index < -0.39 is 0 Å². The number of ether oxygens (including phenoxy) is 1. The van der Waals surface area contributed by atoms with Crippen LogP contribution < -0.4 is 0 Å². The number of amides is 1. The van der Waals surface area contributed by atoms with Crippen molar-refractivity contribution < 1.29 is 9.53 Å². The molecule has 4 nitrogen and oxygen atoms in total. The van der Waals surface area contributed by atoms with Crippen molar-refractivity contribution in [2.75, 3.05) is 26.8 Å². The molecule has 0 N–H and O–H groups in total. The first kappa shape index (κ1) is 17.6. The Bertz CT molecular complexity index is 590. The van der Waals surface area contributed by atoms with Gasteiger partial charge in [-0.15, -0.1) is 11.3 Å². The van der Waals surface area contributed by atoms with Crippen LogP contribution in [0.4, 0.5) is 0 Å². The second kappa shape index (κ2) is 9.43. The highest BCUT2D eigenvalue weighted by Gasteiger charge is 2.18. The first-order valence-corrected chi connectivity index (χ1v) is 8.89. The quantitative estimate of drug-likeness (QED) is 0.704. The lowest BCUT2D eigenvalue weighted by molar-refractivity contribution is 0.0688. The molecule has 0 aliphatic heterocycles. The van der Waals surface area contributed by atoms with Gasteiger partial charge in [0.15, 0.2) is 0 Å². The summed E-state index contributed by atoms with van der Waals surface area (Å²) in [5.41, 5.74) is 1.76. The van der Waals surface area contributed by atoms with E-state index in [-0.39, 0.29) is 5.91 Å². The smallest absolute Gasteiger partial charge is 0.273 e. The minimum Gasteiger partial charge on any atom is -0.383 e. The van der Waals surface area contributed by atoms with Crippen LogP contribution in [-0.4, -0.2) is 42.6 Å². The van der Waals surface area contributed by atoms with Crippen LogP contribution in [0.1, 0.15) is 40.8 Å². The molecule has 0 saturated heterocycles. The highest BCUT2D eigenvalue weighted by Crippen LogP contribution is 2.16. The second-order valence-electron chi connectivity index (χ2n) is 5.43. The van der Waals surface area contributed by atoms with Crippen molar-refractivity contribution in [1.29, 1.82) is 0 Å². The van der Waals surface area contributed by atoms with Gasteiger partial charge in [-0.05, 0) is 12.0 Å². The van der Waals surface area contributed by atoms with E-state index in [2.05, 4.69) is 24.0 Å². The summed E-state index contributed by atoms with van der Waals surface area (Å²) < 4.78 is 5.11. The zero-order valence-corrected chi connectivity index (χ0v) is 14.6. The normalized spacial score (nSPS) is 10.7. The van der Waals surface area contributed by atoms with Crippen molar-refractivity contribution in [3.8, 4) is 0 Å². The van der Waals surface area contributed by atoms with Crippen LogP contribution >= 0.6 is 11.3 Å². The van der Waals surface area contributed by atoms with Crippen molar-refractivity contribution in [3.63, 3.8) is 0 Å². The minimum atomic E-state index is 0.00561. The van der Waals surface area contributed by atoms with E-state index in [9.17, 15) is 4.79 Å². The van der Waals surface area contributed by atoms with Crippen molar-refractivity contribution in [3.05, 3.63) is 52.0 Å². The molecule has 23 heavy (non-hydrogen) atoms. The average molecular weight is 332 g/mol. The Morgan fingerprint density at radius 3 is 2.74 bits per heavy atom. The SMILES string of the molecule is CCCCN(CCOC)C(=O)c1csc(Cc2ccccc2)n1. The first-order chi connectivity index (χ1) is 11.2. The van der Waals surface area contributed by atoms with Crippen LogP contribution in [0.25, 0.3) is 0 Å². The van der Waals surface area contributed by atoms with Crippen LogP contribution in [0.2, 0.25) is 0 Å². The molecule has 0 atom stereocenters. The van der Waals surface area contributed by atoms with Gasteiger partial charge in [0.1, 0.15) is 5.69 Å². The molecular formula is C18H24N2O2S. The molecule has 2 aromatic rings. The molecule has 0 bridgehead atoms. The third kappa shape index (κ3) is 5.44. The summed E-state index contributed by atoms with van der Waals surface area (Å²) in [7, 11) is 1.66. The van der Waals surface area contributed by atoms with Crippen molar-refractivity contribution in [2.24, 2.45) is 0 Å². The van der Waals surface area contributed by atoms with Crippen LogP contribution in [0.3, 0.4) is 0 Å². The molecule has 0 radical (unpaired) electrons. The summed E-state index contributed by atoms with van der Waals surface area (Å²) in [6.07, 6.45) is 2.83. The fourth-order valence-electron chi connectivity index (χ4n) is 2.29. The van der Waals surface area contributed by atoms with Gasteiger partial charge in [-0.3, -0.25) is 4.79 Å². The summed E-state index contributed by atoms with van der Waals surface area (Å²) >= 11 is 1.55. The molecule has 1 heterocycles. The molecule has 0 aliphatic rings. The maximum Gasteiger partial charge on any atom is 0.273 e. The number of methoxy groups -OCH3 is 1. The Labute approximate surface area is 142 Å². The molecule has 0 fully saturated rings. The average Bonchev–Trinajstić information content (AvgIpc) is 3.04. The number of nitrogens with zero attached hydrogens (tertiary/aromatic N) is 2. The molecule has 5 heteroatoms. The summed E-state index contributed by atoms with van der Waals surface area (Å²) in [5.74, 6) is 0.00561. The molecule has 0 unspecified atom stereocenters. The summed E-state index contributed by atoms with van der Waals surface area (Å²) in [5, 5.41) is 2.84. The third-order valence-electron chi connectivity index (χ3n) is 3.60. The van der Waals surface area contributed by atoms with Crippen LogP contribution in [0.15, 0.2) is 35.7 Å². The largest absolute Gasteiger partial charge is 0.383 e. The van der Waals surface area contributed by atoms with Crippen molar-refractivity contribution in [2.45, 2.75) is 26.2 Å². The number of benzene rings is 1. The fourth-order valence-corrected chi connectivity index (χ4v) is 3.09. The Balaban J connectivity index is 2.02. The summed E-state index contributed by atoms with van der Waals surface area (Å²) in [6, 6.07) is 10.2. The molecule has 0 saturated carbocycles. The number of carbonyl (C=O) groups excluding carboxylic acids is 1. The van der Waals surface area contributed by atoms with Crippen LogP contribution in [-0.2, 0) is 11.2 Å². The van der Waals surface area contributed by atoms with Crippen molar-refractivity contribution >= 4 is 17.2 Å². The van der Waals surface area contributed by atoms with E-state index in [1.165, 1.54) is 5.56 Å². The van der Waals surface area contributed by atoms with E-state index in [0.29, 0.717) is 18.8 Å². The highest BCUT2D eigenvalue weighted by atomic mass is 32.1. The third-order valence-corrected chi connectivity index (χ3v) is 4.45. The van der Waals surface area contributed by atoms with Gasteiger partial charge >= 0.3 is 0 Å². The number of rotatable bonds is 9. The van der Waals surface area contributed by atoms with E-state index in [4.69, 9.17) is 4.74 Å². The van der Waals surface area contributed by atoms with Gasteiger partial charge in [0.2, 0.25) is 0 Å². The van der Waals surface area contributed by atoms with Gasteiger partial charge in [0.25, 0.3) is 5.91 Å². The van der Waals surface area contributed by atoms with E-state index in [0.717, 1.165) is 30.8 Å². The number of thiazole rings is 1. The molecule has 2 rings (SSSR count). The van der Waals surface area contributed by atoms with Crippen LogP contribution in [0.5, 0.6) is 0 Å². The topological polar surface area (TPSA) is 42.4 Å². The van der Waals surface area contributed by atoms with Gasteiger partial charge in [0, 0.05) is 32.0 Å². The van der Waals surface area contributed by atoms with E-state index >= 15 is 0 Å². The van der Waals surface area contributed by atoms with Gasteiger partial charge in [-0.1, -0.05) is 43.7 Å². The van der Waals surface area contributed by atoms with E-state index in [1.807, 2.05) is 28.5 Å². The first-order valence-electron chi connectivity index (χ1n) is 8.01.